The first kappa shape index (κ1) is 12.0. The number of halogens is 3. The highest BCUT2D eigenvalue weighted by Crippen LogP contribution is 2.34. The third-order valence-electron chi connectivity index (χ3n) is 3.24. The lowest BCUT2D eigenvalue weighted by molar-refractivity contribution is -0.137. The monoisotopic (exact) mass is 264 g/mol. The summed E-state index contributed by atoms with van der Waals surface area (Å²) in [6.45, 7) is 0.748. The number of hydrogen-bond donors (Lipinski definition) is 0. The van der Waals surface area contributed by atoms with E-state index in [1.165, 1.54) is 11.6 Å². The number of alkyl halides is 3. The van der Waals surface area contributed by atoms with Crippen molar-refractivity contribution in [2.45, 2.75) is 12.6 Å². The van der Waals surface area contributed by atoms with E-state index in [1.807, 2.05) is 29.2 Å². The van der Waals surface area contributed by atoms with Crippen molar-refractivity contribution in [3.05, 3.63) is 53.7 Å². The molecule has 1 aliphatic rings. The van der Waals surface area contributed by atoms with Crippen LogP contribution in [0.25, 0.3) is 0 Å². The van der Waals surface area contributed by atoms with Gasteiger partial charge in [0.25, 0.3) is 0 Å². The second-order valence-electron chi connectivity index (χ2n) is 4.43. The Morgan fingerprint density at radius 2 is 1.84 bits per heavy atom. The summed E-state index contributed by atoms with van der Waals surface area (Å²) in [6, 6.07) is 10.4. The van der Waals surface area contributed by atoms with E-state index < -0.39 is 11.7 Å². The minimum atomic E-state index is -4.34. The molecule has 0 amide bonds. The summed E-state index contributed by atoms with van der Waals surface area (Å²) < 4.78 is 37.4. The number of aromatic nitrogens is 1. The predicted molar refractivity (Wildman–Crippen MR) is 66.4 cm³/mol. The van der Waals surface area contributed by atoms with E-state index in [2.05, 4.69) is 4.98 Å². The van der Waals surface area contributed by atoms with E-state index in [1.54, 1.807) is 0 Å². The molecular formula is C14H11F3N2. The number of nitrogens with zero attached hydrogens (tertiary/aromatic N) is 2. The van der Waals surface area contributed by atoms with E-state index in [4.69, 9.17) is 0 Å². The Morgan fingerprint density at radius 3 is 2.53 bits per heavy atom. The van der Waals surface area contributed by atoms with Gasteiger partial charge in [-0.3, -0.25) is 0 Å². The Balaban J connectivity index is 1.93. The zero-order chi connectivity index (χ0) is 13.5. The Hall–Kier alpha value is -2.04. The Morgan fingerprint density at radius 1 is 1.05 bits per heavy atom. The molecule has 2 aromatic rings. The van der Waals surface area contributed by atoms with E-state index in [0.29, 0.717) is 5.82 Å². The first-order valence-electron chi connectivity index (χ1n) is 5.94. The van der Waals surface area contributed by atoms with Crippen LogP contribution >= 0.6 is 0 Å². The third kappa shape index (κ3) is 2.16. The fourth-order valence-corrected chi connectivity index (χ4v) is 2.29. The highest BCUT2D eigenvalue weighted by molar-refractivity contribution is 5.67. The molecule has 0 saturated heterocycles. The molecule has 19 heavy (non-hydrogen) atoms. The lowest BCUT2D eigenvalue weighted by Crippen LogP contribution is -2.15. The number of anilines is 2. The summed E-state index contributed by atoms with van der Waals surface area (Å²) in [6.07, 6.45) is -2.57. The molecule has 0 N–H and O–H groups in total. The number of fused-ring (bicyclic) bond motifs is 1. The molecule has 5 heteroatoms. The fraction of sp³-hybridized carbons (Fsp3) is 0.214. The van der Waals surface area contributed by atoms with Gasteiger partial charge in [0.1, 0.15) is 5.82 Å². The second kappa shape index (κ2) is 4.26. The molecule has 0 unspecified atom stereocenters. The van der Waals surface area contributed by atoms with Gasteiger partial charge in [-0.25, -0.2) is 4.98 Å². The van der Waals surface area contributed by atoms with Crippen LogP contribution in [0.1, 0.15) is 11.1 Å². The van der Waals surface area contributed by atoms with E-state index in [-0.39, 0.29) is 0 Å². The fourth-order valence-electron chi connectivity index (χ4n) is 2.29. The molecule has 2 nitrogen and oxygen atoms in total. The summed E-state index contributed by atoms with van der Waals surface area (Å²) in [4.78, 5) is 5.87. The number of hydrogen-bond acceptors (Lipinski definition) is 2. The lowest BCUT2D eigenvalue weighted by atomic mass is 10.2. The molecule has 1 aliphatic heterocycles. The van der Waals surface area contributed by atoms with Crippen molar-refractivity contribution in [3.8, 4) is 0 Å². The zero-order valence-corrected chi connectivity index (χ0v) is 9.98. The maximum absolute atomic E-state index is 12.5. The number of benzene rings is 1. The smallest absolute Gasteiger partial charge is 0.326 e. The molecule has 0 bridgehead atoms. The molecule has 0 radical (unpaired) electrons. The summed E-state index contributed by atoms with van der Waals surface area (Å²) in [5, 5.41) is 0. The van der Waals surface area contributed by atoms with Gasteiger partial charge >= 0.3 is 6.18 Å². The first-order valence-corrected chi connectivity index (χ1v) is 5.94. The van der Waals surface area contributed by atoms with Gasteiger partial charge in [-0.1, -0.05) is 18.2 Å². The summed E-state index contributed by atoms with van der Waals surface area (Å²) in [7, 11) is 0. The predicted octanol–water partition coefficient (Wildman–Crippen LogP) is 3.79. The quantitative estimate of drug-likeness (QED) is 0.779. The SMILES string of the molecule is FC(F)(F)c1ccc(N2CCc3ccccc32)nc1. The van der Waals surface area contributed by atoms with Crippen molar-refractivity contribution in [3.63, 3.8) is 0 Å². The van der Waals surface area contributed by atoms with E-state index >= 15 is 0 Å². The second-order valence-corrected chi connectivity index (χ2v) is 4.43. The van der Waals surface area contributed by atoms with E-state index in [0.717, 1.165) is 30.9 Å². The van der Waals surface area contributed by atoms with E-state index in [9.17, 15) is 13.2 Å². The Bertz CT molecular complexity index is 590. The van der Waals surface area contributed by atoms with Crippen LogP contribution < -0.4 is 4.90 Å². The van der Waals surface area contributed by atoms with Gasteiger partial charge in [-0.15, -0.1) is 0 Å². The van der Waals surface area contributed by atoms with Crippen LogP contribution in [0.2, 0.25) is 0 Å². The standard InChI is InChI=1S/C14H11F3N2/c15-14(16,17)11-5-6-13(18-9-11)19-8-7-10-3-1-2-4-12(10)19/h1-6,9H,7-8H2. The van der Waals surface area contributed by atoms with Crippen LogP contribution in [0.15, 0.2) is 42.6 Å². The van der Waals surface area contributed by atoms with Gasteiger partial charge in [0.05, 0.1) is 5.56 Å². The van der Waals surface area contributed by atoms with Gasteiger partial charge in [0.15, 0.2) is 0 Å². The van der Waals surface area contributed by atoms with Crippen molar-refractivity contribution in [1.29, 1.82) is 0 Å². The normalized spacial score (nSPS) is 14.6. The van der Waals surface area contributed by atoms with Gasteiger partial charge in [-0.2, -0.15) is 13.2 Å². The van der Waals surface area contributed by atoms with Crippen molar-refractivity contribution in [2.75, 3.05) is 11.4 Å². The molecule has 0 fully saturated rings. The molecule has 0 aliphatic carbocycles. The zero-order valence-electron chi connectivity index (χ0n) is 9.98. The van der Waals surface area contributed by atoms with Crippen molar-refractivity contribution in [1.82, 2.24) is 4.98 Å². The van der Waals surface area contributed by atoms with Crippen LogP contribution in [0.3, 0.4) is 0 Å². The number of para-hydroxylation sites is 1. The Labute approximate surface area is 108 Å². The van der Waals surface area contributed by atoms with Crippen LogP contribution in [0.5, 0.6) is 0 Å². The summed E-state index contributed by atoms with van der Waals surface area (Å²) >= 11 is 0. The Kier molecular flexibility index (Phi) is 2.69. The maximum atomic E-state index is 12.5. The van der Waals surface area contributed by atoms with Crippen LogP contribution in [0, 0.1) is 0 Å². The minimum absolute atomic E-state index is 0.554. The van der Waals surface area contributed by atoms with Gasteiger partial charge < -0.3 is 4.90 Å². The van der Waals surface area contributed by atoms with Gasteiger partial charge in [-0.05, 0) is 30.2 Å². The molecule has 0 spiro atoms. The third-order valence-corrected chi connectivity index (χ3v) is 3.24. The van der Waals surface area contributed by atoms with Crippen molar-refractivity contribution >= 4 is 11.5 Å². The highest BCUT2D eigenvalue weighted by Gasteiger charge is 2.31. The summed E-state index contributed by atoms with van der Waals surface area (Å²) in [5.41, 5.74) is 1.50. The summed E-state index contributed by atoms with van der Waals surface area (Å²) in [5.74, 6) is 0.554. The molecule has 0 atom stereocenters. The lowest BCUT2D eigenvalue weighted by Gasteiger charge is -2.18. The molecule has 2 heterocycles. The van der Waals surface area contributed by atoms with Crippen LogP contribution in [-0.2, 0) is 12.6 Å². The molecule has 0 saturated carbocycles. The molecule has 1 aromatic carbocycles. The average Bonchev–Trinajstić information content (AvgIpc) is 2.82. The van der Waals surface area contributed by atoms with Crippen LogP contribution in [0.4, 0.5) is 24.7 Å². The largest absolute Gasteiger partial charge is 0.417 e. The average molecular weight is 264 g/mol. The number of pyridine rings is 1. The van der Waals surface area contributed by atoms with Crippen LogP contribution in [-0.4, -0.2) is 11.5 Å². The topological polar surface area (TPSA) is 16.1 Å². The molecule has 3 rings (SSSR count). The minimum Gasteiger partial charge on any atom is -0.326 e. The van der Waals surface area contributed by atoms with Gasteiger partial charge in [0.2, 0.25) is 0 Å². The molecule has 1 aromatic heterocycles. The molecular weight excluding hydrogens is 253 g/mol. The maximum Gasteiger partial charge on any atom is 0.417 e. The van der Waals surface area contributed by atoms with Crippen molar-refractivity contribution in [2.24, 2.45) is 0 Å². The first-order chi connectivity index (χ1) is 9.05. The highest BCUT2D eigenvalue weighted by atomic mass is 19.4. The number of rotatable bonds is 1. The molecule has 98 valence electrons. The van der Waals surface area contributed by atoms with Gasteiger partial charge in [0, 0.05) is 18.4 Å². The van der Waals surface area contributed by atoms with Crippen molar-refractivity contribution < 1.29 is 13.2 Å².